The fourth-order valence-electron chi connectivity index (χ4n) is 2.50. The molecule has 0 bridgehead atoms. The number of rotatable bonds is 6. The molecule has 0 aliphatic rings. The van der Waals surface area contributed by atoms with Gasteiger partial charge in [0.05, 0.1) is 0 Å². The molecule has 0 radical (unpaired) electrons. The van der Waals surface area contributed by atoms with Crippen LogP contribution in [0.15, 0.2) is 59.1 Å². The maximum atomic E-state index is 12.3. The van der Waals surface area contributed by atoms with Crippen LogP contribution >= 0.6 is 15.9 Å². The van der Waals surface area contributed by atoms with Crippen molar-refractivity contribution >= 4 is 27.5 Å². The van der Waals surface area contributed by atoms with Crippen LogP contribution in [0.1, 0.15) is 25.3 Å². The van der Waals surface area contributed by atoms with E-state index in [1.807, 2.05) is 61.5 Å². The largest absolute Gasteiger partial charge is 0.367 e. The maximum Gasteiger partial charge on any atom is 0.247 e. The summed E-state index contributed by atoms with van der Waals surface area (Å²) in [4.78, 5) is 12.3. The quantitative estimate of drug-likeness (QED) is 0.829. The molecule has 2 aromatic rings. The summed E-state index contributed by atoms with van der Waals surface area (Å²) in [7, 11) is 0. The van der Waals surface area contributed by atoms with Crippen LogP contribution in [-0.4, -0.2) is 5.91 Å². The number of primary amides is 1. The van der Waals surface area contributed by atoms with Gasteiger partial charge in [0, 0.05) is 10.2 Å². The molecule has 1 unspecified atom stereocenters. The predicted octanol–water partition coefficient (Wildman–Crippen LogP) is 4.04. The van der Waals surface area contributed by atoms with Gasteiger partial charge in [-0.25, -0.2) is 0 Å². The van der Waals surface area contributed by atoms with Crippen molar-refractivity contribution in [2.45, 2.75) is 25.3 Å². The Morgan fingerprint density at radius 2 is 1.76 bits per heavy atom. The van der Waals surface area contributed by atoms with Gasteiger partial charge in [0.25, 0.3) is 0 Å². The second-order valence-corrected chi connectivity index (χ2v) is 5.84. The van der Waals surface area contributed by atoms with E-state index in [1.165, 1.54) is 0 Å². The third kappa shape index (κ3) is 3.27. The van der Waals surface area contributed by atoms with E-state index in [-0.39, 0.29) is 5.91 Å². The summed E-state index contributed by atoms with van der Waals surface area (Å²) in [5, 5.41) is 3.36. The number of halogens is 1. The van der Waals surface area contributed by atoms with Crippen molar-refractivity contribution in [1.29, 1.82) is 0 Å². The minimum absolute atomic E-state index is 0.369. The van der Waals surface area contributed by atoms with Crippen molar-refractivity contribution < 1.29 is 4.79 Å². The van der Waals surface area contributed by atoms with Crippen LogP contribution in [0, 0.1) is 0 Å². The van der Waals surface area contributed by atoms with Gasteiger partial charge in [-0.15, -0.1) is 0 Å². The molecule has 0 aliphatic carbocycles. The lowest BCUT2D eigenvalue weighted by Crippen LogP contribution is -2.47. The van der Waals surface area contributed by atoms with Crippen molar-refractivity contribution in [3.63, 3.8) is 0 Å². The van der Waals surface area contributed by atoms with Crippen LogP contribution in [0.4, 0.5) is 5.69 Å². The predicted molar refractivity (Wildman–Crippen MR) is 90.0 cm³/mol. The highest BCUT2D eigenvalue weighted by atomic mass is 79.9. The Morgan fingerprint density at radius 1 is 1.14 bits per heavy atom. The molecule has 4 heteroatoms. The van der Waals surface area contributed by atoms with E-state index in [2.05, 4.69) is 21.2 Å². The Kier molecular flexibility index (Phi) is 5.02. The molecular formula is C17H19BrN2O. The van der Waals surface area contributed by atoms with Gasteiger partial charge in [0.2, 0.25) is 5.91 Å². The Morgan fingerprint density at radius 3 is 2.33 bits per heavy atom. The first-order chi connectivity index (χ1) is 10.1. The lowest BCUT2D eigenvalue weighted by atomic mass is 9.84. The van der Waals surface area contributed by atoms with E-state index < -0.39 is 5.54 Å². The summed E-state index contributed by atoms with van der Waals surface area (Å²) in [6.07, 6.45) is 1.48. The summed E-state index contributed by atoms with van der Waals surface area (Å²) in [6, 6.07) is 17.4. The average molecular weight is 347 g/mol. The summed E-state index contributed by atoms with van der Waals surface area (Å²) in [6.45, 7) is 2.04. The fraction of sp³-hybridized carbons (Fsp3) is 0.235. The van der Waals surface area contributed by atoms with Gasteiger partial charge in [-0.1, -0.05) is 55.8 Å². The molecule has 0 aliphatic heterocycles. The Bertz CT molecular complexity index is 615. The first-order valence-electron chi connectivity index (χ1n) is 6.98. The summed E-state index contributed by atoms with van der Waals surface area (Å²) < 4.78 is 0.905. The zero-order valence-corrected chi connectivity index (χ0v) is 13.6. The number of nitrogens with two attached hydrogens (primary N) is 1. The Hall–Kier alpha value is -1.81. The number of nitrogens with one attached hydrogen (secondary N) is 1. The Labute approximate surface area is 133 Å². The van der Waals surface area contributed by atoms with E-state index in [9.17, 15) is 4.79 Å². The van der Waals surface area contributed by atoms with Crippen LogP contribution < -0.4 is 11.1 Å². The molecule has 110 valence electrons. The number of benzene rings is 2. The monoisotopic (exact) mass is 346 g/mol. The first kappa shape index (κ1) is 15.6. The van der Waals surface area contributed by atoms with Crippen LogP contribution in [0.3, 0.4) is 0 Å². The van der Waals surface area contributed by atoms with Crippen LogP contribution in [0.25, 0.3) is 0 Å². The number of anilines is 1. The SMILES string of the molecule is CCCC(Nc1ccccc1Br)(C(N)=O)c1ccccc1. The smallest absolute Gasteiger partial charge is 0.247 e. The molecule has 0 saturated heterocycles. The molecular weight excluding hydrogens is 328 g/mol. The number of amides is 1. The fourth-order valence-corrected chi connectivity index (χ4v) is 2.88. The molecule has 2 rings (SSSR count). The van der Waals surface area contributed by atoms with Crippen LogP contribution in [0.5, 0.6) is 0 Å². The molecule has 0 fully saturated rings. The number of hydrogen-bond donors (Lipinski definition) is 2. The van der Waals surface area contributed by atoms with Gasteiger partial charge < -0.3 is 11.1 Å². The van der Waals surface area contributed by atoms with Crippen LogP contribution in [0.2, 0.25) is 0 Å². The molecule has 21 heavy (non-hydrogen) atoms. The number of hydrogen-bond acceptors (Lipinski definition) is 2. The first-order valence-corrected chi connectivity index (χ1v) is 7.77. The molecule has 0 spiro atoms. The third-order valence-electron chi connectivity index (χ3n) is 3.53. The topological polar surface area (TPSA) is 55.1 Å². The van der Waals surface area contributed by atoms with Crippen molar-refractivity contribution in [2.75, 3.05) is 5.32 Å². The summed E-state index contributed by atoms with van der Waals surface area (Å²) >= 11 is 3.51. The molecule has 1 amide bonds. The summed E-state index contributed by atoms with van der Waals surface area (Å²) in [5.41, 5.74) is 6.61. The maximum absolute atomic E-state index is 12.3. The third-order valence-corrected chi connectivity index (χ3v) is 4.23. The number of carbonyl (C=O) groups is 1. The standard InChI is InChI=1S/C17H19BrN2O/c1-2-12-17(16(19)21,13-8-4-3-5-9-13)20-15-11-7-6-10-14(15)18/h3-11,20H,2,12H2,1H3,(H2,19,21). The minimum atomic E-state index is -0.903. The van der Waals surface area contributed by atoms with Gasteiger partial charge in [-0.3, -0.25) is 4.79 Å². The molecule has 0 heterocycles. The van der Waals surface area contributed by atoms with E-state index in [0.717, 1.165) is 22.1 Å². The summed E-state index contributed by atoms with van der Waals surface area (Å²) in [5.74, 6) is -0.369. The number of para-hydroxylation sites is 1. The highest BCUT2D eigenvalue weighted by molar-refractivity contribution is 9.10. The Balaban J connectivity index is 2.50. The average Bonchev–Trinajstić information content (AvgIpc) is 2.49. The van der Waals surface area contributed by atoms with Crippen molar-refractivity contribution in [2.24, 2.45) is 5.73 Å². The normalized spacial score (nSPS) is 13.4. The lowest BCUT2D eigenvalue weighted by Gasteiger charge is -2.33. The zero-order chi connectivity index (χ0) is 15.3. The van der Waals surface area contributed by atoms with E-state index in [0.29, 0.717) is 6.42 Å². The van der Waals surface area contributed by atoms with Gasteiger partial charge in [-0.2, -0.15) is 0 Å². The van der Waals surface area contributed by atoms with Crippen LogP contribution in [-0.2, 0) is 10.3 Å². The molecule has 3 N–H and O–H groups in total. The number of carbonyl (C=O) groups excluding carboxylic acids is 1. The zero-order valence-electron chi connectivity index (χ0n) is 12.0. The second-order valence-electron chi connectivity index (χ2n) is 4.99. The van der Waals surface area contributed by atoms with Crippen molar-refractivity contribution in [3.05, 3.63) is 64.6 Å². The highest BCUT2D eigenvalue weighted by Crippen LogP contribution is 2.33. The van der Waals surface area contributed by atoms with Crippen molar-refractivity contribution in [1.82, 2.24) is 0 Å². The van der Waals surface area contributed by atoms with E-state index in [4.69, 9.17) is 5.73 Å². The molecule has 0 aromatic heterocycles. The lowest BCUT2D eigenvalue weighted by molar-refractivity contribution is -0.122. The van der Waals surface area contributed by atoms with E-state index in [1.54, 1.807) is 0 Å². The van der Waals surface area contributed by atoms with Gasteiger partial charge >= 0.3 is 0 Å². The van der Waals surface area contributed by atoms with Crippen molar-refractivity contribution in [3.8, 4) is 0 Å². The van der Waals surface area contributed by atoms with Gasteiger partial charge in [0.1, 0.15) is 5.54 Å². The van der Waals surface area contributed by atoms with Gasteiger partial charge in [0.15, 0.2) is 0 Å². The highest BCUT2D eigenvalue weighted by Gasteiger charge is 2.37. The molecule has 2 aromatic carbocycles. The minimum Gasteiger partial charge on any atom is -0.367 e. The second kappa shape index (κ2) is 6.76. The van der Waals surface area contributed by atoms with E-state index >= 15 is 0 Å². The molecule has 1 atom stereocenters. The molecule has 3 nitrogen and oxygen atoms in total. The molecule has 0 saturated carbocycles. The van der Waals surface area contributed by atoms with Gasteiger partial charge in [-0.05, 0) is 40.0 Å².